The van der Waals surface area contributed by atoms with E-state index in [0.717, 1.165) is 40.6 Å². The molecule has 17 rings (SSSR count). The van der Waals surface area contributed by atoms with Crippen LogP contribution in [0.1, 0.15) is 205 Å². The van der Waals surface area contributed by atoms with Crippen LogP contribution in [0.4, 0.5) is 22.0 Å². The van der Waals surface area contributed by atoms with Gasteiger partial charge in [0.05, 0.1) is 131 Å². The highest BCUT2D eigenvalue weighted by atomic mass is 32.2. The van der Waals surface area contributed by atoms with Gasteiger partial charge in [0.25, 0.3) is 0 Å². The summed E-state index contributed by atoms with van der Waals surface area (Å²) in [5, 5.41) is 2.69. The maximum absolute atomic E-state index is 14.6. The van der Waals surface area contributed by atoms with E-state index in [1.165, 1.54) is 52.6 Å². The van der Waals surface area contributed by atoms with E-state index < -0.39 is 152 Å². The van der Waals surface area contributed by atoms with Crippen LogP contribution in [-0.4, -0.2) is 313 Å². The van der Waals surface area contributed by atoms with Crippen LogP contribution in [0.5, 0.6) is 0 Å². The Bertz CT molecular complexity index is 6100. The molecular formula is C101H147B6F5N6O24S5. The van der Waals surface area contributed by atoms with Gasteiger partial charge in [-0.05, 0) is 272 Å². The largest absolute Gasteiger partial charge is 0.495 e. The second-order valence-corrected chi connectivity index (χ2v) is 57.3. The molecular weight excluding hydrogens is 2000 g/mol. The average Bonchev–Trinajstić information content (AvgIpc) is 1.67. The first kappa shape index (κ1) is 119. The molecule has 6 aromatic carbocycles. The van der Waals surface area contributed by atoms with Crippen LogP contribution < -0.4 is 38.1 Å². The molecule has 2 amide bonds. The smallest absolute Gasteiger partial charge is 0.399 e. The van der Waals surface area contributed by atoms with Crippen LogP contribution >= 0.6 is 0 Å². The van der Waals surface area contributed by atoms with Gasteiger partial charge in [-0.1, -0.05) is 71.8 Å². The summed E-state index contributed by atoms with van der Waals surface area (Å²) in [5.41, 5.74) is 3.38. The number of sulfone groups is 5. The SMILES string of the molecule is CC1(C)OB(c2cc(F)c(CN3CCNC(=O)C3)c(F)c2)OC1(C)C.CC1(C)OB(c2cc(F)c(CN3CCS(=O)(=O)CC3)c(F)c2)OC1(C)C.CC1(C)OB(c2ccc(CC(=O)N3CCS(=O)(=O)CC3)c(F)c2)OC1(C)C.CC1(C)OB(c2ccc(S(C)(=O)=O)cc2)OC1(C)C.Cc1cc(CN2CCS(=O)(=O)CC2)ccc1B1OC(C)(C)C(C)(C)O1.Cc1cc(CN2CCS(=O)(=O)CC2)ccc1B1OC(C)(C)C(C)(C)O1. The Morgan fingerprint density at radius 2 is 0.599 bits per heavy atom. The highest BCUT2D eigenvalue weighted by Crippen LogP contribution is 2.43. The summed E-state index contributed by atoms with van der Waals surface area (Å²) in [6.07, 6.45) is 1.09. The third-order valence-corrected chi connectivity index (χ3v) is 39.1. The molecule has 0 bridgehead atoms. The first-order chi connectivity index (χ1) is 67.4. The van der Waals surface area contributed by atoms with Crippen molar-refractivity contribution in [3.05, 3.63) is 171 Å². The van der Waals surface area contributed by atoms with E-state index in [2.05, 4.69) is 121 Å². The zero-order valence-corrected chi connectivity index (χ0v) is 94.3. The number of benzene rings is 6. The Morgan fingerprint density at radius 1 is 0.333 bits per heavy atom. The third-order valence-electron chi connectivity index (χ3n) is 31.5. The summed E-state index contributed by atoms with van der Waals surface area (Å²) < 4.78 is 259. The molecule has 0 saturated carbocycles. The average molecular weight is 2150 g/mol. The number of nitrogens with one attached hydrogen (secondary N) is 1. The van der Waals surface area contributed by atoms with Gasteiger partial charge in [0.2, 0.25) is 11.8 Å². The van der Waals surface area contributed by atoms with Crippen LogP contribution in [0.3, 0.4) is 0 Å². The molecule has 30 nitrogen and oxygen atoms in total. The van der Waals surface area contributed by atoms with Crippen LogP contribution in [0, 0.1) is 42.9 Å². The van der Waals surface area contributed by atoms with E-state index in [1.807, 2.05) is 111 Å². The number of halogens is 5. The highest BCUT2D eigenvalue weighted by Gasteiger charge is 2.58. The standard InChI is InChI=1S/C18H25BFNO5S.2C18H28BNO4S.C17H23BF2N2O3.C17H24BF2NO4S.C13H19BO4S/c1-17(2)18(3,4)26-19(25-17)14-6-5-13(15(20)12-14)11-16(22)21-7-9-27(23,24)10-8-21;2*1-14-12-15(13-20-8-10-25(21,22)11-9-20)6-7-16(14)19-23-17(2,3)18(4,5)24-19;1-16(2)17(3,4)25-18(24-16)11-7-13(19)12(14(20)8-11)9-22-6-5-21-15(23)10-22;1-16(2)17(3,4)25-18(24-16)12-9-14(19)13(15(20)10-12)11-21-5-7-26(22,23)8-6-21;1-12(2)13(3,4)18-14(17-12)10-6-8-11(9-7-10)19(5,15)16/h5-6,12H,7-11H2,1-4H3;2*6-7,12H,8-11,13H2,1-5H3;7-8H,5-6,9-10H2,1-4H3,(H,21,23);9-10H,5-8,11H2,1-4H3;6-9H,1-5H3. The summed E-state index contributed by atoms with van der Waals surface area (Å²) >= 11 is 0. The molecule has 0 spiro atoms. The van der Waals surface area contributed by atoms with E-state index in [1.54, 1.807) is 46.2 Å². The van der Waals surface area contributed by atoms with Crippen molar-refractivity contribution in [1.82, 2.24) is 29.8 Å². The number of hydrogen-bond acceptors (Lipinski definition) is 28. The summed E-state index contributed by atoms with van der Waals surface area (Å²) in [6, 6.07) is 28.9. The maximum Gasteiger partial charge on any atom is 0.495 e. The van der Waals surface area contributed by atoms with E-state index in [-0.39, 0.29) is 163 Å². The Hall–Kier alpha value is -6.59. The molecule has 0 radical (unpaired) electrons. The van der Waals surface area contributed by atoms with Crippen molar-refractivity contribution in [2.45, 2.75) is 285 Å². The number of carbonyl (C=O) groups excluding carboxylic acids is 2. The Labute approximate surface area is 870 Å². The Kier molecular flexibility index (Phi) is 35.9. The van der Waals surface area contributed by atoms with Crippen molar-refractivity contribution in [1.29, 1.82) is 0 Å². The van der Waals surface area contributed by atoms with E-state index in [0.29, 0.717) is 60.6 Å². The van der Waals surface area contributed by atoms with Gasteiger partial charge in [0.1, 0.15) is 29.1 Å². The normalized spacial score (nSPS) is 24.0. The maximum atomic E-state index is 14.6. The Morgan fingerprint density at radius 3 is 0.891 bits per heavy atom. The number of carbonyl (C=O) groups is 2. The van der Waals surface area contributed by atoms with Crippen LogP contribution in [0.15, 0.2) is 108 Å². The quantitative estimate of drug-likeness (QED) is 0.0666. The molecule has 11 heterocycles. The highest BCUT2D eigenvalue weighted by molar-refractivity contribution is 7.92. The predicted molar refractivity (Wildman–Crippen MR) is 564 cm³/mol. The van der Waals surface area contributed by atoms with Gasteiger partial charge in [-0.3, -0.25) is 29.2 Å². The number of piperazine rings is 1. The van der Waals surface area contributed by atoms with Gasteiger partial charge < -0.3 is 66.1 Å². The summed E-state index contributed by atoms with van der Waals surface area (Å²) in [4.78, 5) is 33.4. The van der Waals surface area contributed by atoms with Crippen LogP contribution in [0.25, 0.3) is 0 Å². The van der Waals surface area contributed by atoms with Gasteiger partial charge in [0, 0.05) is 109 Å². The van der Waals surface area contributed by atoms with E-state index in [9.17, 15) is 73.6 Å². The lowest BCUT2D eigenvalue weighted by Gasteiger charge is -2.32. The van der Waals surface area contributed by atoms with Crippen molar-refractivity contribution in [3.8, 4) is 0 Å². The van der Waals surface area contributed by atoms with Gasteiger partial charge in [0.15, 0.2) is 49.2 Å². The van der Waals surface area contributed by atoms with E-state index in [4.69, 9.17) is 55.9 Å². The first-order valence-corrected chi connectivity index (χ1v) is 59.2. The lowest BCUT2D eigenvalue weighted by atomic mass is 9.76. The van der Waals surface area contributed by atoms with Gasteiger partial charge >= 0.3 is 42.7 Å². The lowest BCUT2D eigenvalue weighted by Crippen LogP contribution is -2.47. The number of nitrogens with zero attached hydrogens (tertiary/aromatic N) is 5. The fourth-order valence-electron chi connectivity index (χ4n) is 17.4. The van der Waals surface area contributed by atoms with Crippen molar-refractivity contribution in [2.24, 2.45) is 0 Å². The number of hydrogen-bond donors (Lipinski definition) is 1. The van der Waals surface area contributed by atoms with Gasteiger partial charge in [-0.2, -0.15) is 0 Å². The van der Waals surface area contributed by atoms with Crippen molar-refractivity contribution < 1.29 is 129 Å². The molecule has 0 aromatic heterocycles. The monoisotopic (exact) mass is 2150 g/mol. The van der Waals surface area contributed by atoms with Gasteiger partial charge in [-0.25, -0.2) is 64.0 Å². The fraction of sp³-hybridized carbons (Fsp3) is 0.624. The molecule has 11 aliphatic rings. The van der Waals surface area contributed by atoms with Crippen molar-refractivity contribution in [3.63, 3.8) is 0 Å². The van der Waals surface area contributed by atoms with E-state index >= 15 is 0 Å². The minimum atomic E-state index is -3.17. The summed E-state index contributed by atoms with van der Waals surface area (Å²) in [5.74, 6) is -2.58. The summed E-state index contributed by atoms with van der Waals surface area (Å²) in [7, 11) is -18.4. The predicted octanol–water partition coefficient (Wildman–Crippen LogP) is 8.05. The molecule has 46 heteroatoms. The fourth-order valence-corrected chi connectivity index (χ4v) is 23.0. The lowest BCUT2D eigenvalue weighted by molar-refractivity contribution is -0.130. The molecule has 0 unspecified atom stereocenters. The zero-order chi connectivity index (χ0) is 109. The van der Waals surface area contributed by atoms with Crippen molar-refractivity contribution in [2.75, 3.05) is 124 Å². The van der Waals surface area contributed by atoms with Crippen LogP contribution in [-0.2, 0) is 147 Å². The molecule has 0 aliphatic carbocycles. The first-order valence-electron chi connectivity index (χ1n) is 50.0. The molecule has 11 fully saturated rings. The third kappa shape index (κ3) is 29.2. The number of rotatable bonds is 17. The van der Waals surface area contributed by atoms with Crippen molar-refractivity contribution >= 4 is 136 Å². The number of aryl methyl sites for hydroxylation is 2. The second kappa shape index (κ2) is 44.3. The topological polar surface area (TPSA) is 344 Å². The molecule has 1 N–H and O–H groups in total. The summed E-state index contributed by atoms with van der Waals surface area (Å²) in [6.45, 7) is 57.4. The second-order valence-electron chi connectivity index (χ2n) is 46.1. The molecule has 147 heavy (non-hydrogen) atoms. The molecule has 11 saturated heterocycles. The minimum absolute atomic E-state index is 0.0161. The van der Waals surface area contributed by atoms with Crippen LogP contribution in [0.2, 0.25) is 0 Å². The molecule has 11 aliphatic heterocycles. The van der Waals surface area contributed by atoms with Gasteiger partial charge in [-0.15, -0.1) is 0 Å². The molecule has 0 atom stereocenters. The zero-order valence-electron chi connectivity index (χ0n) is 90.2. The molecule has 808 valence electrons. The number of amides is 2. The molecule has 6 aromatic rings. The Balaban J connectivity index is 0.000000157. The minimum Gasteiger partial charge on any atom is -0.399 e.